The molecule has 0 atom stereocenters. The number of rotatable bonds is 7. The standard InChI is InChI=1S/C18H24N/c1-3-4-5-6-7-10-15-19-16(2)13-14-17-11-8-9-12-18(17)19/h2,8-9,11-14H,3-7,10,15H2,1H3. The minimum Gasteiger partial charge on any atom is -0.341 e. The maximum atomic E-state index is 6.11. The molecule has 0 spiro atoms. The van der Waals surface area contributed by atoms with Crippen molar-refractivity contribution in [3.8, 4) is 0 Å². The molecule has 1 aliphatic rings. The summed E-state index contributed by atoms with van der Waals surface area (Å²) in [6.45, 7) is 9.40. The Morgan fingerprint density at radius 3 is 2.53 bits per heavy atom. The molecule has 1 heterocycles. The van der Waals surface area contributed by atoms with Crippen LogP contribution in [0, 0.1) is 6.58 Å². The molecule has 0 N–H and O–H groups in total. The molecule has 101 valence electrons. The molecule has 0 saturated heterocycles. The third kappa shape index (κ3) is 3.73. The lowest BCUT2D eigenvalue weighted by Crippen LogP contribution is -2.24. The van der Waals surface area contributed by atoms with Crippen molar-refractivity contribution in [2.24, 2.45) is 0 Å². The van der Waals surface area contributed by atoms with Crippen molar-refractivity contribution < 1.29 is 0 Å². The molecule has 0 aromatic heterocycles. The third-order valence-corrected chi connectivity index (χ3v) is 3.71. The van der Waals surface area contributed by atoms with Gasteiger partial charge in [-0.05, 0) is 30.7 Å². The Bertz CT molecular complexity index is 445. The van der Waals surface area contributed by atoms with Gasteiger partial charge in [0, 0.05) is 17.9 Å². The second-order valence-electron chi connectivity index (χ2n) is 5.24. The van der Waals surface area contributed by atoms with Crippen LogP contribution in [0.4, 0.5) is 5.69 Å². The lowest BCUT2D eigenvalue weighted by atomic mass is 10.1. The first kappa shape index (κ1) is 13.9. The van der Waals surface area contributed by atoms with Gasteiger partial charge in [0.15, 0.2) is 0 Å². The molecule has 0 bridgehead atoms. The minimum atomic E-state index is 0.868. The normalized spacial score (nSPS) is 13.7. The van der Waals surface area contributed by atoms with Crippen molar-refractivity contribution in [3.63, 3.8) is 0 Å². The molecule has 1 aliphatic heterocycles. The fraction of sp³-hybridized carbons (Fsp3) is 0.444. The molecule has 1 radical (unpaired) electrons. The largest absolute Gasteiger partial charge is 0.341 e. The summed E-state index contributed by atoms with van der Waals surface area (Å²) >= 11 is 0. The highest BCUT2D eigenvalue weighted by Gasteiger charge is 2.14. The summed E-state index contributed by atoms with van der Waals surface area (Å²) in [7, 11) is 0. The average Bonchev–Trinajstić information content (AvgIpc) is 2.44. The van der Waals surface area contributed by atoms with Gasteiger partial charge in [-0.3, -0.25) is 0 Å². The van der Waals surface area contributed by atoms with E-state index >= 15 is 0 Å². The average molecular weight is 254 g/mol. The van der Waals surface area contributed by atoms with Crippen LogP contribution in [-0.2, 0) is 0 Å². The highest BCUT2D eigenvalue weighted by atomic mass is 15.1. The van der Waals surface area contributed by atoms with Gasteiger partial charge < -0.3 is 4.90 Å². The maximum Gasteiger partial charge on any atom is 0.0484 e. The topological polar surface area (TPSA) is 3.24 Å². The molecule has 2 rings (SSSR count). The van der Waals surface area contributed by atoms with E-state index < -0.39 is 0 Å². The molecule has 1 heteroatoms. The first-order valence-electron chi connectivity index (χ1n) is 7.50. The van der Waals surface area contributed by atoms with E-state index in [1.54, 1.807) is 0 Å². The van der Waals surface area contributed by atoms with Crippen molar-refractivity contribution in [1.29, 1.82) is 0 Å². The van der Waals surface area contributed by atoms with Gasteiger partial charge in [-0.25, -0.2) is 0 Å². The quantitative estimate of drug-likeness (QED) is 0.605. The second-order valence-corrected chi connectivity index (χ2v) is 5.24. The number of nitrogens with zero attached hydrogens (tertiary/aromatic N) is 1. The molecule has 0 unspecified atom stereocenters. The van der Waals surface area contributed by atoms with Gasteiger partial charge in [0.25, 0.3) is 0 Å². The summed E-state index contributed by atoms with van der Waals surface area (Å²) < 4.78 is 0. The lowest BCUT2D eigenvalue weighted by molar-refractivity contribution is 0.607. The van der Waals surface area contributed by atoms with Crippen molar-refractivity contribution in [3.05, 3.63) is 48.2 Å². The van der Waals surface area contributed by atoms with Crippen LogP contribution in [0.3, 0.4) is 0 Å². The van der Waals surface area contributed by atoms with Gasteiger partial charge in [0.05, 0.1) is 0 Å². The van der Waals surface area contributed by atoms with Crippen LogP contribution in [-0.4, -0.2) is 6.54 Å². The van der Waals surface area contributed by atoms with Crippen molar-refractivity contribution >= 4 is 11.8 Å². The SMILES string of the molecule is [CH]=C1C=Cc2ccccc2N1CCCCCCCC. The number of para-hydroxylation sites is 1. The predicted molar refractivity (Wildman–Crippen MR) is 84.0 cm³/mol. The zero-order chi connectivity index (χ0) is 13.5. The van der Waals surface area contributed by atoms with Gasteiger partial charge in [0.2, 0.25) is 0 Å². The number of benzene rings is 1. The van der Waals surface area contributed by atoms with Crippen molar-refractivity contribution in [2.75, 3.05) is 11.4 Å². The van der Waals surface area contributed by atoms with Gasteiger partial charge >= 0.3 is 0 Å². The molecule has 0 aliphatic carbocycles. The molecule has 1 aromatic carbocycles. The molecule has 1 aromatic rings. The van der Waals surface area contributed by atoms with Crippen LogP contribution in [0.2, 0.25) is 0 Å². The third-order valence-electron chi connectivity index (χ3n) is 3.71. The number of hydrogen-bond donors (Lipinski definition) is 0. The molecule has 0 saturated carbocycles. The molecule has 0 fully saturated rings. The predicted octanol–water partition coefficient (Wildman–Crippen LogP) is 5.20. The van der Waals surface area contributed by atoms with Gasteiger partial charge in [0.1, 0.15) is 0 Å². The smallest absolute Gasteiger partial charge is 0.0484 e. The van der Waals surface area contributed by atoms with E-state index in [0.29, 0.717) is 0 Å². The minimum absolute atomic E-state index is 0.868. The first-order valence-corrected chi connectivity index (χ1v) is 7.50. The van der Waals surface area contributed by atoms with Crippen LogP contribution < -0.4 is 4.90 Å². The fourth-order valence-corrected chi connectivity index (χ4v) is 2.58. The van der Waals surface area contributed by atoms with E-state index in [-0.39, 0.29) is 0 Å². The van der Waals surface area contributed by atoms with Crippen molar-refractivity contribution in [2.45, 2.75) is 45.4 Å². The Labute approximate surface area is 117 Å². The summed E-state index contributed by atoms with van der Waals surface area (Å²) in [5, 5.41) is 0. The zero-order valence-electron chi connectivity index (χ0n) is 11.9. The van der Waals surface area contributed by atoms with Crippen LogP contribution in [0.1, 0.15) is 51.0 Å². The van der Waals surface area contributed by atoms with E-state index in [0.717, 1.165) is 12.2 Å². The lowest BCUT2D eigenvalue weighted by Gasteiger charge is -2.29. The summed E-state index contributed by atoms with van der Waals surface area (Å²) in [5.41, 5.74) is 3.38. The maximum absolute atomic E-state index is 6.11. The molecular weight excluding hydrogens is 230 g/mol. The Morgan fingerprint density at radius 1 is 0.947 bits per heavy atom. The second kappa shape index (κ2) is 7.18. The van der Waals surface area contributed by atoms with Crippen LogP contribution in [0.25, 0.3) is 6.08 Å². The Morgan fingerprint density at radius 2 is 1.68 bits per heavy atom. The summed E-state index contributed by atoms with van der Waals surface area (Å²) in [4.78, 5) is 2.25. The Kier molecular flexibility index (Phi) is 5.26. The highest BCUT2D eigenvalue weighted by molar-refractivity contribution is 5.75. The van der Waals surface area contributed by atoms with Crippen LogP contribution in [0.15, 0.2) is 36.0 Å². The Hall–Kier alpha value is -1.50. The zero-order valence-corrected chi connectivity index (χ0v) is 11.9. The van der Waals surface area contributed by atoms with Gasteiger partial charge in [-0.2, -0.15) is 0 Å². The number of unbranched alkanes of at least 4 members (excludes halogenated alkanes) is 5. The number of anilines is 1. The van der Waals surface area contributed by atoms with E-state index in [2.05, 4.69) is 42.2 Å². The van der Waals surface area contributed by atoms with E-state index in [4.69, 9.17) is 6.58 Å². The van der Waals surface area contributed by atoms with Gasteiger partial charge in [-0.1, -0.05) is 63.3 Å². The number of fused-ring (bicyclic) bond motifs is 1. The molecular formula is C18H24N. The number of allylic oxidation sites excluding steroid dienone is 1. The van der Waals surface area contributed by atoms with Crippen molar-refractivity contribution in [1.82, 2.24) is 0 Å². The van der Waals surface area contributed by atoms with E-state index in [1.165, 1.54) is 49.8 Å². The summed E-state index contributed by atoms with van der Waals surface area (Å²) in [6.07, 6.45) is 12.0. The summed E-state index contributed by atoms with van der Waals surface area (Å²) in [5.74, 6) is 0. The fourth-order valence-electron chi connectivity index (χ4n) is 2.58. The number of hydrogen-bond acceptors (Lipinski definition) is 1. The Balaban J connectivity index is 1.86. The highest BCUT2D eigenvalue weighted by Crippen LogP contribution is 2.30. The summed E-state index contributed by atoms with van der Waals surface area (Å²) in [6, 6.07) is 8.46. The first-order chi connectivity index (χ1) is 9.33. The monoisotopic (exact) mass is 254 g/mol. The van der Waals surface area contributed by atoms with E-state index in [9.17, 15) is 0 Å². The molecule has 0 amide bonds. The molecule has 1 nitrogen and oxygen atoms in total. The van der Waals surface area contributed by atoms with E-state index in [1.807, 2.05) is 6.08 Å². The van der Waals surface area contributed by atoms with Crippen LogP contribution in [0.5, 0.6) is 0 Å². The van der Waals surface area contributed by atoms with Gasteiger partial charge in [-0.15, -0.1) is 0 Å². The van der Waals surface area contributed by atoms with Crippen LogP contribution >= 0.6 is 0 Å². The molecule has 19 heavy (non-hydrogen) atoms.